The predicted octanol–water partition coefficient (Wildman–Crippen LogP) is 3.60. The number of aromatic hydroxyl groups is 1. The molecular formula is C14H13ClF3N3O2. The first-order valence-electron chi connectivity index (χ1n) is 6.58. The van der Waals surface area contributed by atoms with Crippen LogP contribution >= 0.6 is 11.6 Å². The van der Waals surface area contributed by atoms with E-state index < -0.39 is 22.8 Å². The summed E-state index contributed by atoms with van der Waals surface area (Å²) in [4.78, 5) is 11.8. The van der Waals surface area contributed by atoms with Crippen molar-refractivity contribution in [2.45, 2.75) is 26.1 Å². The number of halogens is 4. The molecule has 2 aromatic rings. The van der Waals surface area contributed by atoms with Crippen LogP contribution in [0, 0.1) is 6.92 Å². The third-order valence-electron chi connectivity index (χ3n) is 3.13. The number of carbonyl (C=O) groups excluding carboxylic acids is 1. The first-order chi connectivity index (χ1) is 10.7. The highest BCUT2D eigenvalue weighted by atomic mass is 35.5. The highest BCUT2D eigenvalue weighted by Crippen LogP contribution is 2.35. The lowest BCUT2D eigenvalue weighted by Crippen LogP contribution is -2.16. The molecule has 2 rings (SSSR count). The second kappa shape index (κ2) is 6.49. The van der Waals surface area contributed by atoms with Gasteiger partial charge in [0.25, 0.3) is 0 Å². The average Bonchev–Trinajstić information content (AvgIpc) is 2.75. The minimum absolute atomic E-state index is 0.0684. The number of amides is 1. The molecule has 124 valence electrons. The first kappa shape index (κ1) is 17.1. The molecule has 0 radical (unpaired) electrons. The van der Waals surface area contributed by atoms with Gasteiger partial charge in [-0.05, 0) is 19.1 Å². The van der Waals surface area contributed by atoms with Gasteiger partial charge in [0.1, 0.15) is 5.75 Å². The third-order valence-corrected chi connectivity index (χ3v) is 3.58. The molecule has 2 N–H and O–H groups in total. The lowest BCUT2D eigenvalue weighted by Gasteiger charge is -2.08. The fraction of sp³-hybridized carbons (Fsp3) is 0.286. The number of rotatable bonds is 4. The topological polar surface area (TPSA) is 67.2 Å². The van der Waals surface area contributed by atoms with Gasteiger partial charge in [-0.15, -0.1) is 0 Å². The molecule has 9 heteroatoms. The van der Waals surface area contributed by atoms with E-state index in [-0.39, 0.29) is 30.1 Å². The number of benzene rings is 1. The smallest absolute Gasteiger partial charge is 0.436 e. The number of phenolic OH excluding ortho intramolecular Hbond substituents is 1. The van der Waals surface area contributed by atoms with Crippen LogP contribution in [-0.2, 0) is 17.5 Å². The van der Waals surface area contributed by atoms with Gasteiger partial charge < -0.3 is 10.4 Å². The van der Waals surface area contributed by atoms with E-state index in [1.54, 1.807) is 12.1 Å². The summed E-state index contributed by atoms with van der Waals surface area (Å²) in [6.07, 6.45) is -4.77. The number of nitrogens with zero attached hydrogens (tertiary/aromatic N) is 2. The molecular weight excluding hydrogens is 335 g/mol. The van der Waals surface area contributed by atoms with E-state index >= 15 is 0 Å². The molecule has 0 aliphatic carbocycles. The molecule has 1 aromatic carbocycles. The number of carbonyl (C=O) groups is 1. The zero-order valence-corrected chi connectivity index (χ0v) is 12.7. The Bertz CT molecular complexity index is 729. The van der Waals surface area contributed by atoms with Crippen molar-refractivity contribution in [2.75, 3.05) is 5.32 Å². The summed E-state index contributed by atoms with van der Waals surface area (Å²) in [6.45, 7) is 1.33. The summed E-state index contributed by atoms with van der Waals surface area (Å²) < 4.78 is 39.2. The van der Waals surface area contributed by atoms with Crippen LogP contribution in [0.15, 0.2) is 24.3 Å². The zero-order valence-electron chi connectivity index (χ0n) is 12.0. The van der Waals surface area contributed by atoms with Crippen LogP contribution in [0.4, 0.5) is 18.9 Å². The molecule has 23 heavy (non-hydrogen) atoms. The van der Waals surface area contributed by atoms with Gasteiger partial charge in [0.15, 0.2) is 5.69 Å². The molecule has 0 bridgehead atoms. The number of para-hydroxylation sites is 2. The molecule has 0 saturated heterocycles. The van der Waals surface area contributed by atoms with E-state index in [2.05, 4.69) is 10.4 Å². The minimum Gasteiger partial charge on any atom is -0.506 e. The van der Waals surface area contributed by atoms with Gasteiger partial charge in [-0.1, -0.05) is 23.7 Å². The number of aryl methyl sites for hydroxylation is 1. The van der Waals surface area contributed by atoms with Crippen molar-refractivity contribution in [3.05, 3.63) is 40.7 Å². The Balaban J connectivity index is 2.04. The Morgan fingerprint density at radius 1 is 1.39 bits per heavy atom. The number of alkyl halides is 3. The van der Waals surface area contributed by atoms with E-state index in [9.17, 15) is 23.1 Å². The number of aromatic nitrogens is 2. The van der Waals surface area contributed by atoms with Gasteiger partial charge in [-0.3, -0.25) is 9.48 Å². The number of hydrogen-bond donors (Lipinski definition) is 2. The highest BCUT2D eigenvalue weighted by Gasteiger charge is 2.38. The van der Waals surface area contributed by atoms with Crippen LogP contribution in [0.2, 0.25) is 5.02 Å². The number of nitrogens with one attached hydrogen (secondary N) is 1. The second-order valence-corrected chi connectivity index (χ2v) is 5.16. The maximum Gasteiger partial charge on any atom is 0.436 e. The Morgan fingerprint density at radius 2 is 2.04 bits per heavy atom. The first-order valence-corrected chi connectivity index (χ1v) is 6.96. The lowest BCUT2D eigenvalue weighted by molar-refractivity contribution is -0.141. The predicted molar refractivity (Wildman–Crippen MR) is 78.3 cm³/mol. The number of hydrogen-bond acceptors (Lipinski definition) is 3. The maximum atomic E-state index is 12.7. The monoisotopic (exact) mass is 347 g/mol. The normalized spacial score (nSPS) is 11.5. The van der Waals surface area contributed by atoms with Gasteiger partial charge in [0.05, 0.1) is 22.9 Å². The van der Waals surface area contributed by atoms with Gasteiger partial charge >= 0.3 is 6.18 Å². The van der Waals surface area contributed by atoms with E-state index in [1.807, 2.05) is 0 Å². The summed E-state index contributed by atoms with van der Waals surface area (Å²) in [5.74, 6) is -0.565. The Labute approximate surface area is 134 Å². The lowest BCUT2D eigenvalue weighted by atomic mass is 10.3. The van der Waals surface area contributed by atoms with Gasteiger partial charge in [0.2, 0.25) is 5.91 Å². The van der Waals surface area contributed by atoms with E-state index in [1.165, 1.54) is 19.1 Å². The van der Waals surface area contributed by atoms with Crippen molar-refractivity contribution in [1.29, 1.82) is 0 Å². The summed E-state index contributed by atoms with van der Waals surface area (Å²) in [5.41, 5.74) is -0.809. The second-order valence-electron chi connectivity index (χ2n) is 4.78. The maximum absolute atomic E-state index is 12.7. The average molecular weight is 348 g/mol. The molecule has 0 atom stereocenters. The zero-order chi connectivity index (χ0) is 17.2. The molecule has 1 amide bonds. The number of phenols is 1. The molecule has 1 aromatic heterocycles. The fourth-order valence-corrected chi connectivity index (χ4v) is 2.17. The number of anilines is 1. The van der Waals surface area contributed by atoms with Gasteiger partial charge in [-0.2, -0.15) is 18.3 Å². The van der Waals surface area contributed by atoms with E-state index in [4.69, 9.17) is 11.6 Å². The standard InChI is InChI=1S/C14H13ClF3N3O2/c1-8-12(15)13(14(16,17)18)20-21(8)7-6-11(23)19-9-4-2-3-5-10(9)22/h2-5,22H,6-7H2,1H3,(H,19,23). The SMILES string of the molecule is Cc1c(Cl)c(C(F)(F)F)nn1CCC(=O)Nc1ccccc1O. The van der Waals surface area contributed by atoms with Crippen LogP contribution in [0.5, 0.6) is 5.75 Å². The van der Waals surface area contributed by atoms with Crippen LogP contribution in [0.1, 0.15) is 17.8 Å². The summed E-state index contributed by atoms with van der Waals surface area (Å²) in [7, 11) is 0. The van der Waals surface area contributed by atoms with Crippen molar-refractivity contribution >= 4 is 23.2 Å². The van der Waals surface area contributed by atoms with Crippen LogP contribution < -0.4 is 5.32 Å². The Kier molecular flexibility index (Phi) is 4.84. The summed E-state index contributed by atoms with van der Waals surface area (Å²) in [6, 6.07) is 6.13. The van der Waals surface area contributed by atoms with Gasteiger partial charge in [-0.25, -0.2) is 0 Å². The van der Waals surface area contributed by atoms with Crippen molar-refractivity contribution < 1.29 is 23.1 Å². The van der Waals surface area contributed by atoms with Crippen LogP contribution in [0.3, 0.4) is 0 Å². The quantitative estimate of drug-likeness (QED) is 0.830. The third kappa shape index (κ3) is 3.95. The highest BCUT2D eigenvalue weighted by molar-refractivity contribution is 6.31. The molecule has 0 aliphatic rings. The van der Waals surface area contributed by atoms with Crippen molar-refractivity contribution in [3.63, 3.8) is 0 Å². The summed E-state index contributed by atoms with van der Waals surface area (Å²) >= 11 is 5.63. The molecule has 0 spiro atoms. The largest absolute Gasteiger partial charge is 0.506 e. The fourth-order valence-electron chi connectivity index (χ4n) is 1.92. The minimum atomic E-state index is -4.65. The van der Waals surface area contributed by atoms with Crippen molar-refractivity contribution in [3.8, 4) is 5.75 Å². The molecule has 0 saturated carbocycles. The van der Waals surface area contributed by atoms with E-state index in [0.717, 1.165) is 4.68 Å². The molecule has 0 fully saturated rings. The Hall–Kier alpha value is -2.22. The Morgan fingerprint density at radius 3 is 2.61 bits per heavy atom. The van der Waals surface area contributed by atoms with Gasteiger partial charge in [0, 0.05) is 6.42 Å². The van der Waals surface area contributed by atoms with Crippen LogP contribution in [-0.4, -0.2) is 20.8 Å². The summed E-state index contributed by atoms with van der Waals surface area (Å²) in [5, 5.41) is 14.9. The van der Waals surface area contributed by atoms with E-state index in [0.29, 0.717) is 0 Å². The van der Waals surface area contributed by atoms with Crippen molar-refractivity contribution in [1.82, 2.24) is 9.78 Å². The molecule has 0 aliphatic heterocycles. The van der Waals surface area contributed by atoms with Crippen molar-refractivity contribution in [2.24, 2.45) is 0 Å². The molecule has 1 heterocycles. The molecule has 5 nitrogen and oxygen atoms in total. The molecule has 0 unspecified atom stereocenters. The van der Waals surface area contributed by atoms with Crippen LogP contribution in [0.25, 0.3) is 0 Å².